The Bertz CT molecular complexity index is 1480. The molecule has 19 N–H and O–H groups in total. The predicted octanol–water partition coefficient (Wildman–Crippen LogP) is -11.8. The van der Waals surface area contributed by atoms with Crippen molar-refractivity contribution in [3.8, 4) is 0 Å². The molecule has 5 aliphatic heterocycles. The minimum atomic E-state index is -5.63. The van der Waals surface area contributed by atoms with Crippen LogP contribution in [0.15, 0.2) is 0 Å². The van der Waals surface area contributed by atoms with Crippen molar-refractivity contribution in [1.29, 1.82) is 0 Å². The number of hydrogen-bond donors (Lipinski definition) is 19. The van der Waals surface area contributed by atoms with Crippen LogP contribution < -0.4 is 0 Å². The van der Waals surface area contributed by atoms with Gasteiger partial charge in [0.1, 0.15) is 116 Å². The van der Waals surface area contributed by atoms with Crippen molar-refractivity contribution in [3.05, 3.63) is 0 Å². The van der Waals surface area contributed by atoms with Gasteiger partial charge in [-0.25, -0.2) is 8.54 Å². The molecule has 5 rings (SSSR count). The summed E-state index contributed by atoms with van der Waals surface area (Å²) in [4.78, 5) is 18.6. The van der Waals surface area contributed by atoms with Crippen LogP contribution in [-0.2, 0) is 46.4 Å². The van der Waals surface area contributed by atoms with E-state index < -0.39 is 203 Å². The van der Waals surface area contributed by atoms with Gasteiger partial charge in [0, 0.05) is 4.86 Å². The van der Waals surface area contributed by atoms with Crippen molar-refractivity contribution in [3.63, 3.8) is 0 Å². The van der Waals surface area contributed by atoms with E-state index in [-0.39, 0.29) is 0 Å². The van der Waals surface area contributed by atoms with Crippen LogP contribution in [-0.4, -0.2) is 281 Å². The van der Waals surface area contributed by atoms with Crippen molar-refractivity contribution in [1.82, 2.24) is 0 Å². The molecule has 0 spiro atoms. The molecule has 0 unspecified atom stereocenters. The summed E-state index contributed by atoms with van der Waals surface area (Å²) in [6.45, 7) is -5.11. The SMILES string of the molecule is O=P(O)(O)O/[S@@](=C1\[C@@H](CO)O[C@H](O[C@H]2[C@H](O)[C@@H](O)[C@@H](O[C@H]3[C@H](O)[C@@H](O)[C@@H](O[C@H]4[C@H](O)[C@@H](O)[C@H](O)O[C@@H]4CO)O[C@@H]3CO)O[C@@H]2CO)[C@@H](O)[C@H]1O)[C@H]1O[C@H](CO)[C@@H](O)[C@H](O)[C@H]1O. The van der Waals surface area contributed by atoms with E-state index in [1.165, 1.54) is 0 Å². The Morgan fingerprint density at radius 3 is 1.31 bits per heavy atom. The predicted molar refractivity (Wildman–Crippen MR) is 187 cm³/mol. The van der Waals surface area contributed by atoms with Gasteiger partial charge in [-0.15, -0.1) is 0 Å². The van der Waals surface area contributed by atoms with Gasteiger partial charge in [0.25, 0.3) is 0 Å². The van der Waals surface area contributed by atoms with Gasteiger partial charge >= 0.3 is 7.82 Å². The van der Waals surface area contributed by atoms with Gasteiger partial charge < -0.3 is 134 Å². The molecule has 5 fully saturated rings. The van der Waals surface area contributed by atoms with E-state index in [0.29, 0.717) is 0 Å². The third kappa shape index (κ3) is 10.8. The molecule has 0 bridgehead atoms. The number of ether oxygens (including phenoxy) is 8. The summed E-state index contributed by atoms with van der Waals surface area (Å²) in [6, 6.07) is 0. The minimum Gasteiger partial charge on any atom is -0.394 e. The van der Waals surface area contributed by atoms with Crippen molar-refractivity contribution in [2.24, 2.45) is 0 Å². The lowest BCUT2D eigenvalue weighted by Gasteiger charge is -2.49. The fourth-order valence-corrected chi connectivity index (χ4v) is 10.5. The molecule has 61 heavy (non-hydrogen) atoms. The summed E-state index contributed by atoms with van der Waals surface area (Å²) in [6.07, 6.45) is -45.4. The van der Waals surface area contributed by atoms with Crippen LogP contribution >= 0.6 is 18.6 Å². The number of hydrogen-bond acceptors (Lipinski definition) is 27. The van der Waals surface area contributed by atoms with Gasteiger partial charge in [-0.3, -0.25) is 0 Å². The van der Waals surface area contributed by atoms with Gasteiger partial charge in [-0.2, -0.15) is 0 Å². The maximum absolute atomic E-state index is 12.0. The molecule has 0 aromatic heterocycles. The molecule has 0 saturated carbocycles. The average Bonchev–Trinajstić information content (AvgIpc) is 3.22. The minimum absolute atomic E-state index is 0.787. The van der Waals surface area contributed by atoms with Gasteiger partial charge in [-0.1, -0.05) is 0 Å². The Hall–Kier alpha value is -0.670. The van der Waals surface area contributed by atoms with E-state index in [1.54, 1.807) is 0 Å². The van der Waals surface area contributed by atoms with Crippen molar-refractivity contribution < 1.29 is 143 Å². The second kappa shape index (κ2) is 21.3. The van der Waals surface area contributed by atoms with Gasteiger partial charge in [0.15, 0.2) is 30.6 Å². The molecule has 25 atom stereocenters. The smallest absolute Gasteiger partial charge is 0.394 e. The fraction of sp³-hybridized carbons (Fsp3) is 0.967. The summed E-state index contributed by atoms with van der Waals surface area (Å²) in [7, 11) is -8.38. The van der Waals surface area contributed by atoms with Crippen LogP contribution in [0, 0.1) is 0 Å². The van der Waals surface area contributed by atoms with E-state index in [2.05, 4.69) is 0 Å². The van der Waals surface area contributed by atoms with Gasteiger partial charge in [-0.05, 0) is 10.8 Å². The van der Waals surface area contributed by atoms with Crippen molar-refractivity contribution >= 4 is 23.5 Å². The topological polar surface area (TPSA) is 485 Å². The van der Waals surface area contributed by atoms with Gasteiger partial charge in [0.2, 0.25) is 0 Å². The summed E-state index contributed by atoms with van der Waals surface area (Å²) in [5.41, 5.74) is -2.09. The highest BCUT2D eigenvalue weighted by molar-refractivity contribution is 8.14. The van der Waals surface area contributed by atoms with E-state index in [1.807, 2.05) is 0 Å². The van der Waals surface area contributed by atoms with Crippen LogP contribution in [0.2, 0.25) is 0 Å². The first-order chi connectivity index (χ1) is 28.6. The molecular formula is C30H53O29PS. The second-order valence-corrected chi connectivity index (χ2v) is 17.6. The van der Waals surface area contributed by atoms with Crippen molar-refractivity contribution in [2.45, 2.75) is 147 Å². The van der Waals surface area contributed by atoms with Crippen LogP contribution in [0.25, 0.3) is 0 Å². The molecule has 358 valence electrons. The van der Waals surface area contributed by atoms with E-state index in [4.69, 9.17) is 41.9 Å². The molecule has 31 heteroatoms. The molecule has 0 aliphatic carbocycles. The molecule has 0 aromatic carbocycles. The maximum atomic E-state index is 12.0. The quantitative estimate of drug-likeness (QED) is 0.0568. The zero-order chi connectivity index (χ0) is 45.4. The summed E-state index contributed by atoms with van der Waals surface area (Å²) < 4.78 is 60.5. The van der Waals surface area contributed by atoms with Gasteiger partial charge in [0.05, 0.1) is 33.0 Å². The Balaban J connectivity index is 1.31. The van der Waals surface area contributed by atoms with E-state index in [9.17, 15) is 101 Å². The molecule has 0 radical (unpaired) electrons. The summed E-state index contributed by atoms with van der Waals surface area (Å²) >= 11 is 0. The lowest BCUT2D eigenvalue weighted by Crippen LogP contribution is -2.67. The number of rotatable bonds is 14. The zero-order valence-corrected chi connectivity index (χ0v) is 33.0. The van der Waals surface area contributed by atoms with Crippen LogP contribution in [0.3, 0.4) is 0 Å². The normalized spacial score (nSPS) is 50.0. The molecule has 0 aromatic rings. The van der Waals surface area contributed by atoms with Crippen LogP contribution in [0.5, 0.6) is 0 Å². The molecule has 29 nitrogen and oxygen atoms in total. The first-order valence-electron chi connectivity index (χ1n) is 18.4. The third-order valence-electron chi connectivity index (χ3n) is 10.5. The highest BCUT2D eigenvalue weighted by atomic mass is 32.2. The largest absolute Gasteiger partial charge is 0.480 e. The number of aliphatic hydroxyl groups is 17. The Labute approximate surface area is 345 Å². The third-order valence-corrected chi connectivity index (χ3v) is 13.7. The molecule has 5 aliphatic rings. The Morgan fingerprint density at radius 1 is 0.459 bits per heavy atom. The number of phosphoric acid groups is 1. The molecule has 5 heterocycles. The first-order valence-corrected chi connectivity index (χ1v) is 21.2. The summed E-state index contributed by atoms with van der Waals surface area (Å²) in [5.74, 6) is 0. The molecule has 0 amide bonds. The number of aliphatic hydroxyl groups excluding tert-OH is 17. The standard InChI is InChI=1S/C30H53O29PS/c31-1-6-11(36)12(37)21(46)30(55-6)61(59-60(48,49)50)25-10(5-35)54-29(20(45)16(25)41)58-24-9(4-34)53-28(19(44)15(24)40)57-23-8(3-33)52-27(18(43)14(23)39)56-22-7(2-32)51-26(47)17(42)13(22)38/h6-24,26-47H,1-5H2,(H2,48,49,50)/t6-,7-,8-,9-,10-,11-,12+,13-,14-,15-,16-,17-,18-,19-,20+,21-,22-,23-,24-,26-,27-,28-,29-,30-,61+/m1/s1. The average molecular weight is 941 g/mol. The molecular weight excluding hydrogens is 887 g/mol. The van der Waals surface area contributed by atoms with E-state index in [0.717, 1.165) is 0 Å². The lowest BCUT2D eigenvalue weighted by atomic mass is 9.96. The monoisotopic (exact) mass is 940 g/mol. The fourth-order valence-electron chi connectivity index (χ4n) is 7.25. The second-order valence-electron chi connectivity index (χ2n) is 14.5. The molecule has 5 saturated heterocycles. The maximum Gasteiger partial charge on any atom is 0.480 e. The van der Waals surface area contributed by atoms with Crippen LogP contribution in [0.1, 0.15) is 0 Å². The highest BCUT2D eigenvalue weighted by Gasteiger charge is 2.56. The zero-order valence-electron chi connectivity index (χ0n) is 31.3. The Morgan fingerprint density at radius 2 is 0.885 bits per heavy atom. The first kappa shape index (κ1) is 51.3. The Kier molecular flexibility index (Phi) is 17.9. The van der Waals surface area contributed by atoms with E-state index >= 15 is 0 Å². The lowest BCUT2D eigenvalue weighted by molar-refractivity contribution is -0.384. The van der Waals surface area contributed by atoms with Crippen molar-refractivity contribution in [2.75, 3.05) is 33.0 Å². The van der Waals surface area contributed by atoms with Crippen LogP contribution in [0.4, 0.5) is 0 Å². The highest BCUT2D eigenvalue weighted by Crippen LogP contribution is 2.50. The summed E-state index contributed by atoms with van der Waals surface area (Å²) in [5, 5.41) is 178.